The van der Waals surface area contributed by atoms with Crippen molar-refractivity contribution in [2.24, 2.45) is 18.9 Å². The number of hydrogen-bond acceptors (Lipinski definition) is 5. The van der Waals surface area contributed by atoms with Gasteiger partial charge < -0.3 is 14.9 Å². The fourth-order valence-corrected chi connectivity index (χ4v) is 6.61. The maximum atomic E-state index is 13.7. The number of fused-ring (bicyclic) bond motifs is 1. The zero-order chi connectivity index (χ0) is 30.7. The molecule has 0 spiro atoms. The van der Waals surface area contributed by atoms with Crippen LogP contribution in [-0.2, 0) is 43.9 Å². The number of carboxylic acids is 1. The topological polar surface area (TPSA) is 85.4 Å². The number of nitriles is 1. The molecule has 0 aliphatic heterocycles. The molecule has 1 aromatic heterocycles. The molecule has 1 N–H and O–H groups in total. The average molecular weight is 630 g/mol. The van der Waals surface area contributed by atoms with E-state index < -0.39 is 17.7 Å². The third-order valence-electron chi connectivity index (χ3n) is 8.90. The van der Waals surface area contributed by atoms with Crippen molar-refractivity contribution in [1.29, 1.82) is 5.26 Å². The fraction of sp³-hybridized carbons (Fsp3) is 0.485. The summed E-state index contributed by atoms with van der Waals surface area (Å²) in [6.07, 6.45) is 3.52. The van der Waals surface area contributed by atoms with Crippen molar-refractivity contribution in [2.45, 2.75) is 71.1 Å². The molecule has 44 heavy (non-hydrogen) atoms. The lowest BCUT2D eigenvalue weighted by molar-refractivity contribution is -0.143. The van der Waals surface area contributed by atoms with E-state index >= 15 is 0 Å². The molecule has 236 valence electrons. The number of halogens is 4. The third-order valence-corrected chi connectivity index (χ3v) is 8.90. The van der Waals surface area contributed by atoms with Crippen LogP contribution < -0.4 is 9.80 Å². The van der Waals surface area contributed by atoms with E-state index in [9.17, 15) is 28.3 Å². The highest BCUT2D eigenvalue weighted by Crippen LogP contribution is 2.36. The number of benzene rings is 2. The molecule has 0 saturated heterocycles. The van der Waals surface area contributed by atoms with Crippen molar-refractivity contribution >= 4 is 29.9 Å². The second-order valence-electron chi connectivity index (χ2n) is 11.9. The lowest BCUT2D eigenvalue weighted by Gasteiger charge is -2.34. The highest BCUT2D eigenvalue weighted by Gasteiger charge is 2.32. The van der Waals surface area contributed by atoms with Crippen molar-refractivity contribution in [3.63, 3.8) is 0 Å². The Morgan fingerprint density at radius 1 is 1.07 bits per heavy atom. The Labute approximate surface area is 262 Å². The van der Waals surface area contributed by atoms with Crippen molar-refractivity contribution in [2.75, 3.05) is 22.9 Å². The van der Waals surface area contributed by atoms with Crippen LogP contribution in [0.1, 0.15) is 72.4 Å². The summed E-state index contributed by atoms with van der Waals surface area (Å²) in [5.74, 6) is 0.0770. The van der Waals surface area contributed by atoms with Gasteiger partial charge in [0, 0.05) is 51.2 Å². The van der Waals surface area contributed by atoms with Gasteiger partial charge in [-0.25, -0.2) is 0 Å². The second kappa shape index (κ2) is 13.9. The summed E-state index contributed by atoms with van der Waals surface area (Å²) in [6, 6.07) is 11.8. The van der Waals surface area contributed by atoms with Crippen LogP contribution in [0.15, 0.2) is 42.6 Å². The van der Waals surface area contributed by atoms with Crippen molar-refractivity contribution in [1.82, 2.24) is 9.78 Å². The van der Waals surface area contributed by atoms with Crippen LogP contribution in [-0.4, -0.2) is 33.9 Å². The van der Waals surface area contributed by atoms with Gasteiger partial charge >= 0.3 is 12.1 Å². The Balaban J connectivity index is 0.00000442. The van der Waals surface area contributed by atoms with E-state index in [1.807, 2.05) is 23.2 Å². The number of alkyl halides is 3. The van der Waals surface area contributed by atoms with E-state index in [1.165, 1.54) is 17.2 Å². The van der Waals surface area contributed by atoms with Gasteiger partial charge in [0.25, 0.3) is 0 Å². The van der Waals surface area contributed by atoms with Crippen molar-refractivity contribution in [3.8, 4) is 6.07 Å². The first kappa shape index (κ1) is 33.2. The molecule has 1 fully saturated rings. The Hall–Kier alpha value is -3.71. The number of rotatable bonds is 10. The van der Waals surface area contributed by atoms with Crippen LogP contribution in [0.5, 0.6) is 0 Å². The van der Waals surface area contributed by atoms with E-state index in [2.05, 4.69) is 29.1 Å². The number of anilines is 2. The molecule has 0 amide bonds. The zero-order valence-electron chi connectivity index (χ0n) is 25.1. The molecule has 2 aliphatic carbocycles. The van der Waals surface area contributed by atoms with Gasteiger partial charge in [-0.15, -0.1) is 12.4 Å². The number of aryl methyl sites for hydroxylation is 3. The van der Waals surface area contributed by atoms with Gasteiger partial charge in [0.05, 0.1) is 23.1 Å². The quantitative estimate of drug-likeness (QED) is 0.256. The zero-order valence-corrected chi connectivity index (χ0v) is 25.9. The Kier molecular flexibility index (Phi) is 10.5. The largest absolute Gasteiger partial charge is 0.481 e. The van der Waals surface area contributed by atoms with Crippen LogP contribution >= 0.6 is 12.4 Å². The Morgan fingerprint density at radius 2 is 1.77 bits per heavy atom. The summed E-state index contributed by atoms with van der Waals surface area (Å²) < 4.78 is 42.7. The summed E-state index contributed by atoms with van der Waals surface area (Å²) in [5, 5.41) is 23.5. The molecule has 7 nitrogen and oxygen atoms in total. The van der Waals surface area contributed by atoms with Crippen LogP contribution in [0.2, 0.25) is 0 Å². The Bertz CT molecular complexity index is 1510. The summed E-state index contributed by atoms with van der Waals surface area (Å²) >= 11 is 0. The van der Waals surface area contributed by atoms with Gasteiger partial charge in [0.15, 0.2) is 5.82 Å². The molecule has 5 rings (SSSR count). The maximum absolute atomic E-state index is 13.7. The normalized spacial score (nSPS) is 17.8. The Morgan fingerprint density at radius 3 is 2.36 bits per heavy atom. The molecule has 2 aromatic carbocycles. The predicted molar refractivity (Wildman–Crippen MR) is 166 cm³/mol. The fourth-order valence-electron chi connectivity index (χ4n) is 6.61. The van der Waals surface area contributed by atoms with Crippen LogP contribution in [0.25, 0.3) is 0 Å². The first-order valence-corrected chi connectivity index (χ1v) is 15.0. The minimum atomic E-state index is -4.56. The number of carboxylic acid groups (broad SMARTS) is 1. The SMILES string of the molecule is CCN(CC1CCC(C(=O)O)CC1)c1cc2c(cc1CN(Cc1cc(C#N)cc(C(F)(F)F)c1)c1ccn(C)n1)CCC2.Cl. The second-order valence-corrected chi connectivity index (χ2v) is 11.9. The summed E-state index contributed by atoms with van der Waals surface area (Å²) in [6.45, 7) is 4.32. The molecular formula is C33H39ClF3N5O2. The minimum Gasteiger partial charge on any atom is -0.481 e. The number of aliphatic carboxylic acids is 1. The number of nitrogens with zero attached hydrogens (tertiary/aromatic N) is 5. The molecule has 0 atom stereocenters. The molecule has 1 heterocycles. The molecule has 0 bridgehead atoms. The molecule has 11 heteroatoms. The molecular weight excluding hydrogens is 591 g/mol. The first-order chi connectivity index (χ1) is 20.5. The molecule has 2 aliphatic rings. The van der Waals surface area contributed by atoms with E-state index in [-0.39, 0.29) is 30.4 Å². The average Bonchev–Trinajstić information content (AvgIpc) is 3.63. The predicted octanol–water partition coefficient (Wildman–Crippen LogP) is 7.15. The highest BCUT2D eigenvalue weighted by atomic mass is 35.5. The van der Waals surface area contributed by atoms with Gasteiger partial charge in [-0.1, -0.05) is 6.07 Å². The van der Waals surface area contributed by atoms with Gasteiger partial charge in [0.2, 0.25) is 0 Å². The van der Waals surface area contributed by atoms with Crippen LogP contribution in [0.3, 0.4) is 0 Å². The third kappa shape index (κ3) is 7.68. The minimum absolute atomic E-state index is 0. The summed E-state index contributed by atoms with van der Waals surface area (Å²) in [4.78, 5) is 15.8. The lowest BCUT2D eigenvalue weighted by Crippen LogP contribution is -2.34. The molecule has 0 unspecified atom stereocenters. The van der Waals surface area contributed by atoms with Gasteiger partial charge in [-0.2, -0.15) is 23.5 Å². The monoisotopic (exact) mass is 629 g/mol. The van der Waals surface area contributed by atoms with E-state index in [0.717, 1.165) is 68.6 Å². The van der Waals surface area contributed by atoms with Crippen LogP contribution in [0.4, 0.5) is 24.7 Å². The van der Waals surface area contributed by atoms with Gasteiger partial charge in [-0.05, 0) is 104 Å². The van der Waals surface area contributed by atoms with E-state index in [4.69, 9.17) is 0 Å². The van der Waals surface area contributed by atoms with E-state index in [0.29, 0.717) is 36.7 Å². The van der Waals surface area contributed by atoms with Crippen molar-refractivity contribution < 1.29 is 23.1 Å². The smallest absolute Gasteiger partial charge is 0.416 e. The van der Waals surface area contributed by atoms with Crippen LogP contribution in [0, 0.1) is 23.2 Å². The highest BCUT2D eigenvalue weighted by molar-refractivity contribution is 5.85. The van der Waals surface area contributed by atoms with E-state index in [1.54, 1.807) is 11.7 Å². The number of aromatic nitrogens is 2. The molecule has 3 aromatic rings. The first-order valence-electron chi connectivity index (χ1n) is 15.0. The maximum Gasteiger partial charge on any atom is 0.416 e. The van der Waals surface area contributed by atoms with Crippen molar-refractivity contribution in [3.05, 3.63) is 76.0 Å². The standard InChI is InChI=1S/C33H38F3N5O2.ClH/c1-3-40(19-22-7-9-25(10-8-22)32(42)43)30-17-27-6-4-5-26(27)16-28(30)21-41(31-11-12-39(2)38-31)20-24-13-23(18-37)14-29(15-24)33(34,35)36;/h11-17,22,25H,3-10,19-21H2,1-2H3,(H,42,43);1H. The van der Waals surface area contributed by atoms with Gasteiger partial charge in [-0.3, -0.25) is 9.48 Å². The molecule has 0 radical (unpaired) electrons. The lowest BCUT2D eigenvalue weighted by atomic mass is 9.81. The summed E-state index contributed by atoms with van der Waals surface area (Å²) in [5.41, 5.74) is 4.37. The van der Waals surface area contributed by atoms with Gasteiger partial charge in [0.1, 0.15) is 0 Å². The summed E-state index contributed by atoms with van der Waals surface area (Å²) in [7, 11) is 1.80. The molecule has 1 saturated carbocycles. The number of carbonyl (C=O) groups is 1. The number of hydrogen-bond donors (Lipinski definition) is 1.